The minimum atomic E-state index is 0.223. The van der Waals surface area contributed by atoms with Crippen LogP contribution in [0.25, 0.3) is 0 Å². The van der Waals surface area contributed by atoms with Crippen LogP contribution in [-0.2, 0) is 0 Å². The lowest BCUT2D eigenvalue weighted by Crippen LogP contribution is -2.53. The van der Waals surface area contributed by atoms with Crippen LogP contribution in [0.3, 0.4) is 0 Å². The van der Waals surface area contributed by atoms with E-state index in [4.69, 9.17) is 15.2 Å². The zero-order valence-electron chi connectivity index (χ0n) is 14.9. The Morgan fingerprint density at radius 3 is 2.61 bits per heavy atom. The van der Waals surface area contributed by atoms with Gasteiger partial charge in [-0.2, -0.15) is 0 Å². The van der Waals surface area contributed by atoms with Crippen LogP contribution >= 0.6 is 0 Å². The normalized spacial score (nSPS) is 21.2. The van der Waals surface area contributed by atoms with Gasteiger partial charge in [0.2, 0.25) is 0 Å². The molecule has 0 aliphatic carbocycles. The summed E-state index contributed by atoms with van der Waals surface area (Å²) in [6, 6.07) is 6.96. The summed E-state index contributed by atoms with van der Waals surface area (Å²) in [5, 5.41) is 0. The van der Waals surface area contributed by atoms with Crippen LogP contribution in [0.1, 0.15) is 32.4 Å². The molecule has 2 rings (SSSR count). The van der Waals surface area contributed by atoms with Gasteiger partial charge in [-0.15, -0.1) is 0 Å². The molecule has 5 nitrogen and oxygen atoms in total. The second-order valence-electron chi connectivity index (χ2n) is 6.07. The first-order chi connectivity index (χ1) is 11.1. The van der Waals surface area contributed by atoms with Gasteiger partial charge >= 0.3 is 0 Å². The summed E-state index contributed by atoms with van der Waals surface area (Å²) in [4.78, 5) is 5.01. The number of likely N-dealkylation sites (N-methyl/N-ethyl adjacent to an activating group) is 1. The van der Waals surface area contributed by atoms with Gasteiger partial charge in [-0.3, -0.25) is 9.80 Å². The number of piperazine rings is 1. The van der Waals surface area contributed by atoms with Crippen molar-refractivity contribution in [1.29, 1.82) is 0 Å². The van der Waals surface area contributed by atoms with Crippen molar-refractivity contribution < 1.29 is 9.47 Å². The third kappa shape index (κ3) is 4.16. The quantitative estimate of drug-likeness (QED) is 0.834. The Balaban J connectivity index is 2.17. The molecule has 1 saturated heterocycles. The Hall–Kier alpha value is -1.30. The SMILES string of the molecule is CCOc1ccc(C(CN)N2CCN(CC)C(C)C2)cc1OC. The van der Waals surface area contributed by atoms with Gasteiger partial charge in [0.25, 0.3) is 0 Å². The van der Waals surface area contributed by atoms with Crippen molar-refractivity contribution in [3.8, 4) is 11.5 Å². The smallest absolute Gasteiger partial charge is 0.161 e. The average Bonchev–Trinajstić information content (AvgIpc) is 2.57. The molecule has 2 atom stereocenters. The van der Waals surface area contributed by atoms with Crippen molar-refractivity contribution in [1.82, 2.24) is 9.80 Å². The molecule has 0 saturated carbocycles. The molecule has 2 unspecified atom stereocenters. The van der Waals surface area contributed by atoms with Gasteiger partial charge in [-0.1, -0.05) is 13.0 Å². The van der Waals surface area contributed by atoms with E-state index in [2.05, 4.69) is 35.8 Å². The van der Waals surface area contributed by atoms with Crippen LogP contribution < -0.4 is 15.2 Å². The van der Waals surface area contributed by atoms with Crippen molar-refractivity contribution in [3.63, 3.8) is 0 Å². The fraction of sp³-hybridized carbons (Fsp3) is 0.667. The number of hydrogen-bond donors (Lipinski definition) is 1. The Labute approximate surface area is 140 Å². The molecule has 1 fully saturated rings. The van der Waals surface area contributed by atoms with E-state index in [9.17, 15) is 0 Å². The van der Waals surface area contributed by atoms with Gasteiger partial charge < -0.3 is 15.2 Å². The van der Waals surface area contributed by atoms with E-state index in [1.807, 2.05) is 13.0 Å². The Kier molecular flexibility index (Phi) is 6.69. The minimum absolute atomic E-state index is 0.223. The number of rotatable bonds is 7. The van der Waals surface area contributed by atoms with Crippen LogP contribution in [-0.4, -0.2) is 62.3 Å². The Morgan fingerprint density at radius 1 is 1.26 bits per heavy atom. The summed E-state index contributed by atoms with van der Waals surface area (Å²) in [6.45, 7) is 12.0. The molecular formula is C18H31N3O2. The summed E-state index contributed by atoms with van der Waals surface area (Å²) in [7, 11) is 1.68. The van der Waals surface area contributed by atoms with Gasteiger partial charge in [0.05, 0.1) is 13.7 Å². The average molecular weight is 321 g/mol. The maximum absolute atomic E-state index is 6.11. The van der Waals surface area contributed by atoms with Gasteiger partial charge in [0.15, 0.2) is 11.5 Å². The molecule has 1 aliphatic heterocycles. The van der Waals surface area contributed by atoms with E-state index >= 15 is 0 Å². The Morgan fingerprint density at radius 2 is 2.04 bits per heavy atom. The molecule has 1 aromatic rings. The number of hydrogen-bond acceptors (Lipinski definition) is 5. The summed E-state index contributed by atoms with van der Waals surface area (Å²) >= 11 is 0. The van der Waals surface area contributed by atoms with Gasteiger partial charge in [-0.25, -0.2) is 0 Å². The predicted molar refractivity (Wildman–Crippen MR) is 94.2 cm³/mol. The first kappa shape index (κ1) is 18.0. The number of ether oxygens (including phenoxy) is 2. The monoisotopic (exact) mass is 321 g/mol. The fourth-order valence-corrected chi connectivity index (χ4v) is 3.44. The minimum Gasteiger partial charge on any atom is -0.493 e. The van der Waals surface area contributed by atoms with Crippen molar-refractivity contribution in [2.45, 2.75) is 32.9 Å². The van der Waals surface area contributed by atoms with Crippen LogP contribution in [0.5, 0.6) is 11.5 Å². The highest BCUT2D eigenvalue weighted by molar-refractivity contribution is 5.44. The molecule has 0 bridgehead atoms. The van der Waals surface area contributed by atoms with E-state index in [0.29, 0.717) is 19.2 Å². The molecule has 1 aromatic carbocycles. The molecule has 0 aromatic heterocycles. The molecule has 2 N–H and O–H groups in total. The second-order valence-corrected chi connectivity index (χ2v) is 6.07. The number of nitrogens with two attached hydrogens (primary N) is 1. The van der Waals surface area contributed by atoms with Crippen LogP contribution in [0, 0.1) is 0 Å². The molecule has 23 heavy (non-hydrogen) atoms. The maximum Gasteiger partial charge on any atom is 0.161 e. The zero-order chi connectivity index (χ0) is 16.8. The summed E-state index contributed by atoms with van der Waals surface area (Å²) in [5.41, 5.74) is 7.31. The van der Waals surface area contributed by atoms with Gasteiger partial charge in [-0.05, 0) is 38.1 Å². The molecule has 5 heteroatoms. The lowest BCUT2D eigenvalue weighted by atomic mass is 10.0. The standard InChI is InChI=1S/C18H31N3O2/c1-5-20-9-10-21(13-14(20)3)16(12-19)15-7-8-17(23-6-2)18(11-15)22-4/h7-8,11,14,16H,5-6,9-10,12-13,19H2,1-4H3. The first-order valence-electron chi connectivity index (χ1n) is 8.63. The summed E-state index contributed by atoms with van der Waals surface area (Å²) in [6.07, 6.45) is 0. The van der Waals surface area contributed by atoms with E-state index in [1.54, 1.807) is 7.11 Å². The summed E-state index contributed by atoms with van der Waals surface area (Å²) < 4.78 is 11.1. The lowest BCUT2D eigenvalue weighted by molar-refractivity contribution is 0.0606. The van der Waals surface area contributed by atoms with Crippen LogP contribution in [0.4, 0.5) is 0 Å². The molecule has 0 amide bonds. The number of benzene rings is 1. The van der Waals surface area contributed by atoms with Crippen LogP contribution in [0.2, 0.25) is 0 Å². The van der Waals surface area contributed by atoms with Crippen LogP contribution in [0.15, 0.2) is 18.2 Å². The first-order valence-corrected chi connectivity index (χ1v) is 8.63. The highest BCUT2D eigenvalue weighted by atomic mass is 16.5. The predicted octanol–water partition coefficient (Wildman–Crippen LogP) is 2.12. The largest absolute Gasteiger partial charge is 0.493 e. The number of methoxy groups -OCH3 is 1. The molecule has 0 spiro atoms. The van der Waals surface area contributed by atoms with Crippen molar-refractivity contribution in [2.24, 2.45) is 5.73 Å². The maximum atomic E-state index is 6.11. The highest BCUT2D eigenvalue weighted by Gasteiger charge is 2.28. The van der Waals surface area contributed by atoms with E-state index in [1.165, 1.54) is 5.56 Å². The van der Waals surface area contributed by atoms with Gasteiger partial charge in [0, 0.05) is 38.3 Å². The zero-order valence-corrected chi connectivity index (χ0v) is 14.9. The molecule has 1 heterocycles. The van der Waals surface area contributed by atoms with Crippen molar-refractivity contribution in [2.75, 3.05) is 46.4 Å². The van der Waals surface area contributed by atoms with Crippen molar-refractivity contribution >= 4 is 0 Å². The molecule has 130 valence electrons. The second kappa shape index (κ2) is 8.52. The van der Waals surface area contributed by atoms with Crippen molar-refractivity contribution in [3.05, 3.63) is 23.8 Å². The highest BCUT2D eigenvalue weighted by Crippen LogP contribution is 2.32. The third-order valence-electron chi connectivity index (χ3n) is 4.74. The Bertz CT molecular complexity index is 495. The van der Waals surface area contributed by atoms with E-state index < -0.39 is 0 Å². The lowest BCUT2D eigenvalue weighted by Gasteiger charge is -2.43. The topological polar surface area (TPSA) is 51.0 Å². The molecular weight excluding hydrogens is 290 g/mol. The van der Waals surface area contributed by atoms with E-state index in [-0.39, 0.29) is 6.04 Å². The van der Waals surface area contributed by atoms with E-state index in [0.717, 1.165) is 37.7 Å². The number of nitrogens with zero attached hydrogens (tertiary/aromatic N) is 2. The summed E-state index contributed by atoms with van der Waals surface area (Å²) in [5.74, 6) is 1.57. The molecule has 0 radical (unpaired) electrons. The molecule has 1 aliphatic rings. The van der Waals surface area contributed by atoms with Gasteiger partial charge in [0.1, 0.15) is 0 Å². The fourth-order valence-electron chi connectivity index (χ4n) is 3.44. The third-order valence-corrected chi connectivity index (χ3v) is 4.74.